The molecule has 6 nitrogen and oxygen atoms in total. The minimum absolute atomic E-state index is 0.480. The van der Waals surface area contributed by atoms with Gasteiger partial charge in [-0.15, -0.1) is 5.10 Å². The van der Waals surface area contributed by atoms with Crippen LogP contribution >= 0.6 is 0 Å². The number of aromatic nitrogens is 4. The van der Waals surface area contributed by atoms with Gasteiger partial charge in [-0.25, -0.2) is 4.68 Å². The molecule has 0 bridgehead atoms. The smallest absolute Gasteiger partial charge is 0.310 e. The number of hydrogen-bond donors (Lipinski definition) is 1. The third-order valence-electron chi connectivity index (χ3n) is 2.86. The van der Waals surface area contributed by atoms with Crippen LogP contribution in [0.1, 0.15) is 23.7 Å². The van der Waals surface area contributed by atoms with E-state index in [9.17, 15) is 9.90 Å². The van der Waals surface area contributed by atoms with Crippen LogP contribution in [0.4, 0.5) is 0 Å². The van der Waals surface area contributed by atoms with E-state index < -0.39 is 11.9 Å². The highest BCUT2D eigenvalue weighted by Gasteiger charge is 2.20. The van der Waals surface area contributed by atoms with Gasteiger partial charge in [0.25, 0.3) is 0 Å². The summed E-state index contributed by atoms with van der Waals surface area (Å²) < 4.78 is 1.56. The fourth-order valence-electron chi connectivity index (χ4n) is 1.85. The van der Waals surface area contributed by atoms with Gasteiger partial charge in [-0.05, 0) is 22.4 Å². The lowest BCUT2D eigenvalue weighted by Gasteiger charge is -2.11. The quantitative estimate of drug-likeness (QED) is 0.851. The van der Waals surface area contributed by atoms with Gasteiger partial charge >= 0.3 is 5.97 Å². The van der Waals surface area contributed by atoms with Crippen molar-refractivity contribution >= 4 is 5.97 Å². The zero-order chi connectivity index (χ0) is 13.0. The Morgan fingerprint density at radius 2 is 2.11 bits per heavy atom. The Kier molecular flexibility index (Phi) is 3.66. The van der Waals surface area contributed by atoms with Gasteiger partial charge in [-0.3, -0.25) is 4.79 Å². The second kappa shape index (κ2) is 5.39. The van der Waals surface area contributed by atoms with Gasteiger partial charge in [0.1, 0.15) is 0 Å². The van der Waals surface area contributed by atoms with Crippen molar-refractivity contribution in [2.75, 3.05) is 0 Å². The molecule has 1 N–H and O–H groups in total. The van der Waals surface area contributed by atoms with E-state index in [-0.39, 0.29) is 0 Å². The van der Waals surface area contributed by atoms with E-state index in [0.29, 0.717) is 18.7 Å². The molecule has 0 aliphatic rings. The van der Waals surface area contributed by atoms with Crippen molar-refractivity contribution in [3.05, 3.63) is 41.7 Å². The summed E-state index contributed by atoms with van der Waals surface area (Å²) >= 11 is 0. The summed E-state index contributed by atoms with van der Waals surface area (Å²) in [6, 6.07) is 9.21. The van der Waals surface area contributed by atoms with Crippen LogP contribution < -0.4 is 0 Å². The lowest BCUT2D eigenvalue weighted by Crippen LogP contribution is -2.13. The van der Waals surface area contributed by atoms with Crippen molar-refractivity contribution in [2.45, 2.75) is 18.8 Å². The van der Waals surface area contributed by atoms with E-state index in [1.54, 1.807) is 11.7 Å². The molecule has 0 saturated carbocycles. The summed E-state index contributed by atoms with van der Waals surface area (Å²) in [5, 5.41) is 20.4. The van der Waals surface area contributed by atoms with Gasteiger partial charge in [-0.1, -0.05) is 30.3 Å². The summed E-state index contributed by atoms with van der Waals surface area (Å²) in [4.78, 5) is 11.3. The number of tetrazole rings is 1. The zero-order valence-corrected chi connectivity index (χ0v) is 10.0. The average Bonchev–Trinajstić information content (AvgIpc) is 2.76. The summed E-state index contributed by atoms with van der Waals surface area (Å²) in [6.07, 6.45) is 1.02. The standard InChI is InChI=1S/C12H14N4O2/c1-16-11(13-14-15-16)8-7-10(12(17)18)9-5-3-2-4-6-9/h2-6,10H,7-8H2,1H3,(H,17,18)/t10-/m0/s1. The topological polar surface area (TPSA) is 80.9 Å². The van der Waals surface area contributed by atoms with Crippen molar-refractivity contribution in [3.63, 3.8) is 0 Å². The van der Waals surface area contributed by atoms with Crippen molar-refractivity contribution < 1.29 is 9.90 Å². The molecule has 94 valence electrons. The third-order valence-corrected chi connectivity index (χ3v) is 2.86. The van der Waals surface area contributed by atoms with Gasteiger partial charge in [0.2, 0.25) is 0 Å². The summed E-state index contributed by atoms with van der Waals surface area (Å²) in [7, 11) is 1.74. The largest absolute Gasteiger partial charge is 0.481 e. The average molecular weight is 246 g/mol. The monoisotopic (exact) mass is 246 g/mol. The molecule has 0 aliphatic carbocycles. The van der Waals surface area contributed by atoms with Gasteiger partial charge in [0.05, 0.1) is 5.92 Å². The Balaban J connectivity index is 2.09. The Labute approximate surface area is 104 Å². The minimum atomic E-state index is -0.823. The van der Waals surface area contributed by atoms with Crippen molar-refractivity contribution in [1.29, 1.82) is 0 Å². The lowest BCUT2D eigenvalue weighted by molar-refractivity contribution is -0.139. The predicted molar refractivity (Wildman–Crippen MR) is 63.9 cm³/mol. The Morgan fingerprint density at radius 1 is 1.39 bits per heavy atom. The molecule has 0 unspecified atom stereocenters. The van der Waals surface area contributed by atoms with Crippen LogP contribution in [0.15, 0.2) is 30.3 Å². The molecule has 2 aromatic rings. The van der Waals surface area contributed by atoms with E-state index in [1.165, 1.54) is 0 Å². The molecular weight excluding hydrogens is 232 g/mol. The number of carbonyl (C=O) groups is 1. The van der Waals surface area contributed by atoms with Crippen LogP contribution in [-0.4, -0.2) is 31.3 Å². The van der Waals surface area contributed by atoms with Gasteiger partial charge < -0.3 is 5.11 Å². The molecule has 2 rings (SSSR count). The number of benzene rings is 1. The highest BCUT2D eigenvalue weighted by Crippen LogP contribution is 2.21. The highest BCUT2D eigenvalue weighted by molar-refractivity contribution is 5.76. The van der Waals surface area contributed by atoms with Crippen molar-refractivity contribution in [3.8, 4) is 0 Å². The molecule has 1 aromatic heterocycles. The molecule has 0 aliphatic heterocycles. The van der Waals surface area contributed by atoms with Crippen LogP contribution in [0, 0.1) is 0 Å². The van der Waals surface area contributed by atoms with Crippen LogP contribution in [0.3, 0.4) is 0 Å². The summed E-state index contributed by atoms with van der Waals surface area (Å²) in [5.74, 6) is -0.656. The number of rotatable bonds is 5. The first kappa shape index (κ1) is 12.2. The Hall–Kier alpha value is -2.24. The van der Waals surface area contributed by atoms with E-state index in [1.807, 2.05) is 30.3 Å². The van der Waals surface area contributed by atoms with Gasteiger partial charge in [0, 0.05) is 13.5 Å². The Bertz CT molecular complexity index is 524. The maximum Gasteiger partial charge on any atom is 0.310 e. The minimum Gasteiger partial charge on any atom is -0.481 e. The summed E-state index contributed by atoms with van der Waals surface area (Å²) in [5.41, 5.74) is 0.806. The number of hydrogen-bond acceptors (Lipinski definition) is 4. The highest BCUT2D eigenvalue weighted by atomic mass is 16.4. The SMILES string of the molecule is Cn1nnnc1CC[C@H](C(=O)O)c1ccccc1. The van der Waals surface area contributed by atoms with E-state index >= 15 is 0 Å². The molecule has 1 atom stereocenters. The molecule has 1 aromatic carbocycles. The number of aliphatic carboxylic acids is 1. The molecule has 18 heavy (non-hydrogen) atoms. The first-order valence-corrected chi connectivity index (χ1v) is 5.67. The van der Waals surface area contributed by atoms with E-state index in [0.717, 1.165) is 5.56 Å². The van der Waals surface area contributed by atoms with Crippen molar-refractivity contribution in [2.24, 2.45) is 7.05 Å². The van der Waals surface area contributed by atoms with E-state index in [2.05, 4.69) is 15.5 Å². The molecule has 1 heterocycles. The number of carboxylic acid groups (broad SMARTS) is 1. The molecular formula is C12H14N4O2. The van der Waals surface area contributed by atoms with E-state index in [4.69, 9.17) is 0 Å². The number of nitrogens with zero attached hydrogens (tertiary/aromatic N) is 4. The second-order valence-electron chi connectivity index (χ2n) is 4.06. The summed E-state index contributed by atoms with van der Waals surface area (Å²) in [6.45, 7) is 0. The van der Waals surface area contributed by atoms with Crippen LogP contribution in [-0.2, 0) is 18.3 Å². The maximum absolute atomic E-state index is 11.3. The zero-order valence-electron chi connectivity index (χ0n) is 10.0. The first-order valence-electron chi connectivity index (χ1n) is 5.67. The molecule has 0 spiro atoms. The number of aryl methyl sites for hydroxylation is 2. The number of carboxylic acids is 1. The lowest BCUT2D eigenvalue weighted by atomic mass is 9.94. The third kappa shape index (κ3) is 2.71. The molecule has 0 radical (unpaired) electrons. The first-order chi connectivity index (χ1) is 8.68. The van der Waals surface area contributed by atoms with Gasteiger partial charge in [-0.2, -0.15) is 0 Å². The second-order valence-corrected chi connectivity index (χ2v) is 4.06. The predicted octanol–water partition coefficient (Wildman–Crippen LogP) is 1.01. The molecule has 6 heteroatoms. The van der Waals surface area contributed by atoms with Crippen LogP contribution in [0.25, 0.3) is 0 Å². The van der Waals surface area contributed by atoms with Crippen molar-refractivity contribution in [1.82, 2.24) is 20.2 Å². The molecule has 0 saturated heterocycles. The Morgan fingerprint density at radius 3 is 2.67 bits per heavy atom. The molecule has 0 fully saturated rings. The molecule has 0 amide bonds. The fourth-order valence-corrected chi connectivity index (χ4v) is 1.85. The maximum atomic E-state index is 11.3. The van der Waals surface area contributed by atoms with Crippen LogP contribution in [0.2, 0.25) is 0 Å². The van der Waals surface area contributed by atoms with Gasteiger partial charge in [0.15, 0.2) is 5.82 Å². The fraction of sp³-hybridized carbons (Fsp3) is 0.333. The normalized spacial score (nSPS) is 12.3. The van der Waals surface area contributed by atoms with Crippen LogP contribution in [0.5, 0.6) is 0 Å².